The molecule has 9 heteroatoms. The molecule has 4 rings (SSSR count). The Balaban J connectivity index is 1.75. The summed E-state index contributed by atoms with van der Waals surface area (Å²) in [5.74, 6) is 1.59. The van der Waals surface area contributed by atoms with Crippen LogP contribution in [0.3, 0.4) is 0 Å². The first kappa shape index (κ1) is 14.9. The maximum Gasteiger partial charge on any atom is 0.325 e. The van der Waals surface area contributed by atoms with Crippen molar-refractivity contribution in [2.45, 2.75) is 12.8 Å². The number of halogens is 1. The van der Waals surface area contributed by atoms with Crippen molar-refractivity contribution >= 4 is 50.4 Å². The molecule has 120 valence electrons. The van der Waals surface area contributed by atoms with Crippen molar-refractivity contribution < 1.29 is 8.42 Å². The van der Waals surface area contributed by atoms with E-state index < -0.39 is 10.2 Å². The largest absolute Gasteiger partial charge is 0.325 e. The summed E-state index contributed by atoms with van der Waals surface area (Å²) >= 11 is 2.02. The standard InChI is InChI=1S/C14H14IN5O2S/c15-18-13-6-10(3-4-16-13)11-5-12-14(17-7-11)19-23(21,22)20(12)8-9-1-2-9/h3-7,9H,1-2,8H2,(H,16,18)(H,17,19). The Morgan fingerprint density at radius 1 is 1.30 bits per heavy atom. The molecule has 23 heavy (non-hydrogen) atoms. The second-order valence-electron chi connectivity index (χ2n) is 5.70. The summed E-state index contributed by atoms with van der Waals surface area (Å²) in [6, 6.07) is 5.65. The number of rotatable bonds is 4. The third kappa shape index (κ3) is 2.82. The molecule has 0 unspecified atom stereocenters. The van der Waals surface area contributed by atoms with E-state index in [0.29, 0.717) is 24.0 Å². The molecule has 7 nitrogen and oxygen atoms in total. The molecular formula is C14H14IN5O2S. The van der Waals surface area contributed by atoms with Gasteiger partial charge in [0.1, 0.15) is 5.82 Å². The van der Waals surface area contributed by atoms with E-state index in [4.69, 9.17) is 0 Å². The van der Waals surface area contributed by atoms with Crippen LogP contribution in [0.25, 0.3) is 11.1 Å². The first-order chi connectivity index (χ1) is 11.1. The van der Waals surface area contributed by atoms with E-state index in [-0.39, 0.29) is 0 Å². The fraction of sp³-hybridized carbons (Fsp3) is 0.286. The molecule has 0 spiro atoms. The Bertz CT molecular complexity index is 869. The van der Waals surface area contributed by atoms with E-state index in [1.165, 1.54) is 4.31 Å². The molecule has 1 fully saturated rings. The fourth-order valence-electron chi connectivity index (χ4n) is 2.58. The minimum Gasteiger partial charge on any atom is -0.313 e. The molecule has 2 aromatic heterocycles. The van der Waals surface area contributed by atoms with Gasteiger partial charge >= 0.3 is 10.2 Å². The average Bonchev–Trinajstić information content (AvgIpc) is 3.33. The molecule has 1 saturated carbocycles. The normalized spacial score (nSPS) is 18.4. The third-order valence-corrected chi connectivity index (χ3v) is 5.89. The summed E-state index contributed by atoms with van der Waals surface area (Å²) < 4.78 is 31.5. The maximum absolute atomic E-state index is 12.3. The predicted octanol–water partition coefficient (Wildman–Crippen LogP) is 2.79. The zero-order valence-electron chi connectivity index (χ0n) is 12.0. The van der Waals surface area contributed by atoms with Gasteiger partial charge < -0.3 is 3.53 Å². The summed E-state index contributed by atoms with van der Waals surface area (Å²) in [5.41, 5.74) is 2.42. The van der Waals surface area contributed by atoms with Crippen molar-refractivity contribution in [2.24, 2.45) is 5.92 Å². The van der Waals surface area contributed by atoms with Gasteiger partial charge in [0.15, 0.2) is 5.82 Å². The van der Waals surface area contributed by atoms with E-state index in [9.17, 15) is 8.42 Å². The second kappa shape index (κ2) is 5.48. The number of anilines is 3. The molecule has 3 heterocycles. The van der Waals surface area contributed by atoms with Crippen LogP contribution in [-0.2, 0) is 10.2 Å². The molecule has 2 aromatic rings. The number of hydrogen-bond acceptors (Lipinski definition) is 5. The molecule has 0 radical (unpaired) electrons. The molecule has 0 aromatic carbocycles. The number of aromatic nitrogens is 2. The van der Waals surface area contributed by atoms with Crippen molar-refractivity contribution in [3.05, 3.63) is 30.6 Å². The minimum absolute atomic E-state index is 0.399. The molecular weight excluding hydrogens is 429 g/mol. The monoisotopic (exact) mass is 443 g/mol. The Morgan fingerprint density at radius 3 is 2.87 bits per heavy atom. The van der Waals surface area contributed by atoms with E-state index >= 15 is 0 Å². The quantitative estimate of drug-likeness (QED) is 0.561. The Hall–Kier alpha value is -1.62. The predicted molar refractivity (Wildman–Crippen MR) is 97.7 cm³/mol. The van der Waals surface area contributed by atoms with Crippen molar-refractivity contribution in [1.29, 1.82) is 0 Å². The van der Waals surface area contributed by atoms with Crippen LogP contribution >= 0.6 is 22.9 Å². The lowest BCUT2D eigenvalue weighted by atomic mass is 10.1. The summed E-state index contributed by atoms with van der Waals surface area (Å²) in [4.78, 5) is 8.47. The number of nitrogens with one attached hydrogen (secondary N) is 2. The topological polar surface area (TPSA) is 87.2 Å². The third-order valence-electron chi connectivity index (χ3n) is 3.96. The number of pyridine rings is 2. The van der Waals surface area contributed by atoms with Gasteiger partial charge in [0.05, 0.1) is 28.6 Å². The van der Waals surface area contributed by atoms with E-state index in [0.717, 1.165) is 29.8 Å². The minimum atomic E-state index is -3.52. The van der Waals surface area contributed by atoms with Crippen molar-refractivity contribution in [1.82, 2.24) is 9.97 Å². The lowest BCUT2D eigenvalue weighted by Crippen LogP contribution is -2.31. The van der Waals surface area contributed by atoms with Crippen LogP contribution < -0.4 is 12.6 Å². The van der Waals surface area contributed by atoms with Crippen LogP contribution in [0.5, 0.6) is 0 Å². The lowest BCUT2D eigenvalue weighted by Gasteiger charge is -2.16. The SMILES string of the molecule is O=S1(=O)Nc2ncc(-c3ccnc(NI)c3)cc2N1CC1CC1. The molecule has 2 aliphatic rings. The Morgan fingerprint density at radius 2 is 2.13 bits per heavy atom. The highest BCUT2D eigenvalue weighted by atomic mass is 127. The first-order valence-corrected chi connectivity index (χ1v) is 9.72. The molecule has 2 N–H and O–H groups in total. The van der Waals surface area contributed by atoms with Crippen molar-refractivity contribution in [2.75, 3.05) is 19.1 Å². The number of hydrogen-bond donors (Lipinski definition) is 2. The zero-order valence-corrected chi connectivity index (χ0v) is 15.0. The highest BCUT2D eigenvalue weighted by Crippen LogP contribution is 2.40. The second-order valence-corrected chi connectivity index (χ2v) is 7.83. The van der Waals surface area contributed by atoms with Crippen LogP contribution in [0.4, 0.5) is 17.3 Å². The van der Waals surface area contributed by atoms with Gasteiger partial charge in [-0.1, -0.05) is 0 Å². The average molecular weight is 443 g/mol. The van der Waals surface area contributed by atoms with Gasteiger partial charge in [0.25, 0.3) is 0 Å². The summed E-state index contributed by atoms with van der Waals surface area (Å²) in [5, 5.41) is 0. The zero-order chi connectivity index (χ0) is 16.0. The van der Waals surface area contributed by atoms with E-state index in [2.05, 4.69) is 18.2 Å². The lowest BCUT2D eigenvalue weighted by molar-refractivity contribution is 0.596. The van der Waals surface area contributed by atoms with Crippen molar-refractivity contribution in [3.8, 4) is 11.1 Å². The van der Waals surface area contributed by atoms with Gasteiger partial charge in [-0.15, -0.1) is 0 Å². The molecule has 1 aliphatic carbocycles. The highest BCUT2D eigenvalue weighted by molar-refractivity contribution is 14.1. The molecule has 0 atom stereocenters. The summed E-state index contributed by atoms with van der Waals surface area (Å²) in [6.45, 7) is 0.518. The van der Waals surface area contributed by atoms with Gasteiger partial charge in [-0.3, -0.25) is 0 Å². The summed E-state index contributed by atoms with van der Waals surface area (Å²) in [7, 11) is -3.52. The van der Waals surface area contributed by atoms with Crippen LogP contribution in [0, 0.1) is 5.92 Å². The fourth-order valence-corrected chi connectivity index (χ4v) is 4.19. The van der Waals surface area contributed by atoms with E-state index in [1.54, 1.807) is 12.4 Å². The van der Waals surface area contributed by atoms with Gasteiger partial charge in [-0.2, -0.15) is 8.42 Å². The molecule has 0 saturated heterocycles. The van der Waals surface area contributed by atoms with Gasteiger partial charge in [0.2, 0.25) is 0 Å². The maximum atomic E-state index is 12.3. The van der Waals surface area contributed by atoms with Crippen LogP contribution in [-0.4, -0.2) is 24.9 Å². The van der Waals surface area contributed by atoms with Gasteiger partial charge in [0, 0.05) is 24.5 Å². The van der Waals surface area contributed by atoms with E-state index in [1.807, 2.05) is 41.1 Å². The van der Waals surface area contributed by atoms with Gasteiger partial charge in [-0.05, 0) is 42.5 Å². The smallest absolute Gasteiger partial charge is 0.313 e. The molecule has 0 amide bonds. The van der Waals surface area contributed by atoms with Crippen LogP contribution in [0.2, 0.25) is 0 Å². The number of nitrogens with zero attached hydrogens (tertiary/aromatic N) is 3. The molecule has 0 bridgehead atoms. The van der Waals surface area contributed by atoms with Crippen molar-refractivity contribution in [3.63, 3.8) is 0 Å². The first-order valence-electron chi connectivity index (χ1n) is 7.20. The number of fused-ring (bicyclic) bond motifs is 1. The van der Waals surface area contributed by atoms with Crippen LogP contribution in [0.15, 0.2) is 30.6 Å². The highest BCUT2D eigenvalue weighted by Gasteiger charge is 2.37. The summed E-state index contributed by atoms with van der Waals surface area (Å²) in [6.07, 6.45) is 5.56. The Kier molecular flexibility index (Phi) is 3.56. The van der Waals surface area contributed by atoms with Crippen LogP contribution in [0.1, 0.15) is 12.8 Å². The van der Waals surface area contributed by atoms with Gasteiger partial charge in [-0.25, -0.2) is 19.0 Å². The Labute approximate surface area is 148 Å². The molecule has 1 aliphatic heterocycles.